The maximum Gasteiger partial charge on any atom is 0.0621 e. The molecule has 0 radical (unpaired) electrons. The van der Waals surface area contributed by atoms with Crippen molar-refractivity contribution in [3.8, 4) is 6.07 Å². The number of hydrogen-bond donors (Lipinski definition) is 3. The summed E-state index contributed by atoms with van der Waals surface area (Å²) in [6.45, 7) is 1.35. The molecule has 0 aromatic heterocycles. The lowest BCUT2D eigenvalue weighted by Gasteiger charge is -2.24. The summed E-state index contributed by atoms with van der Waals surface area (Å²) >= 11 is 0. The second kappa shape index (κ2) is 11.2. The Hall–Kier alpha value is -0.630. The summed E-state index contributed by atoms with van der Waals surface area (Å²) in [6, 6.07) is 2.21. The highest BCUT2D eigenvalue weighted by atomic mass is 16.3. The van der Waals surface area contributed by atoms with Crippen molar-refractivity contribution in [3.63, 3.8) is 0 Å². The van der Waals surface area contributed by atoms with Crippen molar-refractivity contribution in [2.45, 2.75) is 58.3 Å². The first-order valence-corrected chi connectivity index (χ1v) is 7.37. The van der Waals surface area contributed by atoms with Gasteiger partial charge in [0.1, 0.15) is 0 Å². The van der Waals surface area contributed by atoms with Crippen molar-refractivity contribution in [2.24, 2.45) is 11.3 Å². The molecule has 4 nitrogen and oxygen atoms in total. The van der Waals surface area contributed by atoms with Crippen LogP contribution in [0.1, 0.15) is 58.3 Å². The highest BCUT2D eigenvalue weighted by molar-refractivity contribution is 4.74. The third kappa shape index (κ3) is 7.51. The number of rotatable bonds is 6. The van der Waals surface area contributed by atoms with Crippen LogP contribution in [-0.2, 0) is 0 Å². The van der Waals surface area contributed by atoms with Gasteiger partial charge in [0, 0.05) is 11.8 Å². The van der Waals surface area contributed by atoms with Gasteiger partial charge in [-0.3, -0.25) is 0 Å². The lowest BCUT2D eigenvalue weighted by Crippen LogP contribution is -2.32. The first kappa shape index (κ1) is 18.4. The van der Waals surface area contributed by atoms with Crippen LogP contribution in [0.2, 0.25) is 0 Å². The molecule has 1 saturated carbocycles. The quantitative estimate of drug-likeness (QED) is 0.691. The van der Waals surface area contributed by atoms with Crippen molar-refractivity contribution in [1.29, 1.82) is 5.26 Å². The molecule has 0 aliphatic heterocycles. The average Bonchev–Trinajstić information content (AvgIpc) is 2.50. The van der Waals surface area contributed by atoms with Crippen molar-refractivity contribution in [1.82, 2.24) is 0 Å². The molecule has 0 amide bonds. The molecular weight excluding hydrogens is 242 g/mol. The van der Waals surface area contributed by atoms with E-state index >= 15 is 0 Å². The maximum absolute atomic E-state index is 8.66. The van der Waals surface area contributed by atoms with Crippen LogP contribution in [0.5, 0.6) is 0 Å². The van der Waals surface area contributed by atoms with Crippen LogP contribution in [0.15, 0.2) is 0 Å². The van der Waals surface area contributed by atoms with Crippen LogP contribution in [0.4, 0.5) is 0 Å². The summed E-state index contributed by atoms with van der Waals surface area (Å²) in [5.41, 5.74) is -0.667. The minimum absolute atomic E-state index is 0.156. The molecule has 1 aliphatic rings. The summed E-state index contributed by atoms with van der Waals surface area (Å²) in [4.78, 5) is 0. The van der Waals surface area contributed by atoms with E-state index in [1.807, 2.05) is 6.92 Å². The summed E-state index contributed by atoms with van der Waals surface area (Å²) in [5, 5.41) is 34.3. The van der Waals surface area contributed by atoms with Gasteiger partial charge < -0.3 is 15.3 Å². The molecule has 0 atom stereocenters. The van der Waals surface area contributed by atoms with Crippen LogP contribution in [0, 0.1) is 22.7 Å². The number of nitriles is 1. The van der Waals surface area contributed by atoms with Gasteiger partial charge in [-0.1, -0.05) is 39.0 Å². The largest absolute Gasteiger partial charge is 0.396 e. The molecule has 0 unspecified atom stereocenters. The zero-order valence-corrected chi connectivity index (χ0v) is 12.1. The molecule has 1 rings (SSSR count). The third-order valence-corrected chi connectivity index (χ3v) is 4.15. The fourth-order valence-electron chi connectivity index (χ4n) is 2.23. The molecule has 4 heteroatoms. The molecule has 0 aromatic carbocycles. The topological polar surface area (TPSA) is 84.5 Å². The van der Waals surface area contributed by atoms with Gasteiger partial charge in [-0.25, -0.2) is 0 Å². The molecular formula is C15H29NO3. The monoisotopic (exact) mass is 271 g/mol. The van der Waals surface area contributed by atoms with Crippen LogP contribution in [0.25, 0.3) is 0 Å². The molecule has 0 bridgehead atoms. The van der Waals surface area contributed by atoms with E-state index in [4.69, 9.17) is 20.6 Å². The number of hydrogen-bond acceptors (Lipinski definition) is 4. The molecule has 3 N–H and O–H groups in total. The Morgan fingerprint density at radius 1 is 1.05 bits per heavy atom. The predicted octanol–water partition coefficient (Wildman–Crippen LogP) is 2.23. The van der Waals surface area contributed by atoms with E-state index in [1.54, 1.807) is 0 Å². The van der Waals surface area contributed by atoms with Crippen LogP contribution >= 0.6 is 0 Å². The lowest BCUT2D eigenvalue weighted by molar-refractivity contribution is 0.00304. The van der Waals surface area contributed by atoms with Gasteiger partial charge in [-0.15, -0.1) is 0 Å². The van der Waals surface area contributed by atoms with E-state index in [0.29, 0.717) is 6.42 Å². The minimum Gasteiger partial charge on any atom is -0.396 e. The standard InChI is InChI=1S/C9H15N.C6H14O3/c10-8-4-7-9-5-2-1-3-6-9;1-2-6(3-7,4-8)5-9/h9H,1-7H2;7-9H,2-5H2,1H3. The normalized spacial score (nSPS) is 16.4. The Labute approximate surface area is 117 Å². The van der Waals surface area contributed by atoms with E-state index in [1.165, 1.54) is 32.1 Å². The van der Waals surface area contributed by atoms with Gasteiger partial charge in [0.2, 0.25) is 0 Å². The van der Waals surface area contributed by atoms with Gasteiger partial charge in [0.05, 0.1) is 25.9 Å². The van der Waals surface area contributed by atoms with Gasteiger partial charge in [-0.2, -0.15) is 5.26 Å². The molecule has 0 spiro atoms. The Kier molecular flexibility index (Phi) is 10.8. The predicted molar refractivity (Wildman–Crippen MR) is 75.4 cm³/mol. The van der Waals surface area contributed by atoms with E-state index in [0.717, 1.165) is 18.8 Å². The first-order chi connectivity index (χ1) is 9.17. The Morgan fingerprint density at radius 3 is 1.89 bits per heavy atom. The second-order valence-corrected chi connectivity index (χ2v) is 5.53. The Bertz CT molecular complexity index is 223. The molecule has 112 valence electrons. The number of nitrogens with zero attached hydrogens (tertiary/aromatic N) is 1. The molecule has 1 fully saturated rings. The fraction of sp³-hybridized carbons (Fsp3) is 0.933. The SMILES string of the molecule is CCC(CO)(CO)CO.N#CCCC1CCCCC1. The van der Waals surface area contributed by atoms with E-state index in [-0.39, 0.29) is 19.8 Å². The Balaban J connectivity index is 0.000000344. The van der Waals surface area contributed by atoms with E-state index in [2.05, 4.69) is 6.07 Å². The van der Waals surface area contributed by atoms with Crippen molar-refractivity contribution in [3.05, 3.63) is 0 Å². The second-order valence-electron chi connectivity index (χ2n) is 5.53. The highest BCUT2D eigenvalue weighted by Crippen LogP contribution is 2.26. The van der Waals surface area contributed by atoms with Gasteiger partial charge >= 0.3 is 0 Å². The smallest absolute Gasteiger partial charge is 0.0621 e. The van der Waals surface area contributed by atoms with E-state index in [9.17, 15) is 0 Å². The Morgan fingerprint density at radius 2 is 1.58 bits per heavy atom. The number of aliphatic hydroxyl groups excluding tert-OH is 3. The highest BCUT2D eigenvalue weighted by Gasteiger charge is 2.24. The molecule has 1 aliphatic carbocycles. The average molecular weight is 271 g/mol. The molecule has 0 aromatic rings. The van der Waals surface area contributed by atoms with Gasteiger partial charge in [-0.05, 0) is 18.8 Å². The summed E-state index contributed by atoms with van der Waals surface area (Å²) in [7, 11) is 0. The van der Waals surface area contributed by atoms with Crippen LogP contribution in [-0.4, -0.2) is 35.1 Å². The van der Waals surface area contributed by atoms with Crippen molar-refractivity contribution >= 4 is 0 Å². The summed E-state index contributed by atoms with van der Waals surface area (Å²) < 4.78 is 0. The van der Waals surface area contributed by atoms with Crippen LogP contribution in [0.3, 0.4) is 0 Å². The fourth-order valence-corrected chi connectivity index (χ4v) is 2.23. The van der Waals surface area contributed by atoms with E-state index < -0.39 is 5.41 Å². The maximum atomic E-state index is 8.66. The zero-order valence-electron chi connectivity index (χ0n) is 12.1. The van der Waals surface area contributed by atoms with Gasteiger partial charge in [0.25, 0.3) is 0 Å². The first-order valence-electron chi connectivity index (χ1n) is 7.37. The third-order valence-electron chi connectivity index (χ3n) is 4.15. The van der Waals surface area contributed by atoms with Crippen molar-refractivity contribution in [2.75, 3.05) is 19.8 Å². The zero-order chi connectivity index (χ0) is 14.6. The molecule has 19 heavy (non-hydrogen) atoms. The van der Waals surface area contributed by atoms with Crippen molar-refractivity contribution < 1.29 is 15.3 Å². The van der Waals surface area contributed by atoms with Gasteiger partial charge in [0.15, 0.2) is 0 Å². The minimum atomic E-state index is -0.667. The number of aliphatic hydroxyl groups is 3. The molecule has 0 saturated heterocycles. The molecule has 0 heterocycles. The summed E-state index contributed by atoms with van der Waals surface area (Å²) in [5.74, 6) is 0.883. The van der Waals surface area contributed by atoms with Crippen LogP contribution < -0.4 is 0 Å². The lowest BCUT2D eigenvalue weighted by atomic mass is 9.86. The summed E-state index contributed by atoms with van der Waals surface area (Å²) in [6.07, 6.45) is 9.48.